The maximum Gasteiger partial charge on any atom is 0.253 e. The third-order valence-corrected chi connectivity index (χ3v) is 3.00. The smallest absolute Gasteiger partial charge is 0.253 e. The summed E-state index contributed by atoms with van der Waals surface area (Å²) < 4.78 is 5.37. The Labute approximate surface area is 105 Å². The molecule has 1 heterocycles. The number of hydrogen-bond acceptors (Lipinski definition) is 3. The number of carbonyl (C=O) groups excluding carboxylic acids is 1. The molecule has 5 heteroatoms. The van der Waals surface area contributed by atoms with Crippen LogP contribution in [0, 0.1) is 0 Å². The number of ether oxygens (including phenoxy) is 1. The van der Waals surface area contributed by atoms with Gasteiger partial charge < -0.3 is 15.2 Å². The van der Waals surface area contributed by atoms with E-state index in [0.29, 0.717) is 17.3 Å². The normalized spacial score (nSPS) is 19.9. The van der Waals surface area contributed by atoms with Gasteiger partial charge in [-0.15, -0.1) is 0 Å². The van der Waals surface area contributed by atoms with Gasteiger partial charge in [-0.2, -0.15) is 0 Å². The molecule has 1 amide bonds. The molecule has 1 aromatic carbocycles. The van der Waals surface area contributed by atoms with E-state index in [1.807, 2.05) is 0 Å². The molecule has 1 aromatic rings. The molecule has 1 aliphatic heterocycles. The van der Waals surface area contributed by atoms with Crippen LogP contribution in [0.15, 0.2) is 18.2 Å². The Balaban J connectivity index is 2.02. The Morgan fingerprint density at radius 3 is 2.94 bits per heavy atom. The zero-order valence-electron chi connectivity index (χ0n) is 9.28. The van der Waals surface area contributed by atoms with Crippen molar-refractivity contribution in [2.75, 3.05) is 11.9 Å². The first-order valence-electron chi connectivity index (χ1n) is 5.58. The van der Waals surface area contributed by atoms with Crippen molar-refractivity contribution < 1.29 is 14.6 Å². The van der Waals surface area contributed by atoms with Crippen LogP contribution in [0.4, 0.5) is 5.69 Å². The fourth-order valence-electron chi connectivity index (χ4n) is 1.77. The monoisotopic (exact) mass is 255 g/mol. The van der Waals surface area contributed by atoms with Crippen LogP contribution in [0.1, 0.15) is 19.3 Å². The third kappa shape index (κ3) is 3.11. The molecule has 0 spiro atoms. The number of amides is 1. The largest absolute Gasteiger partial charge is 0.508 e. The second-order valence-corrected chi connectivity index (χ2v) is 4.42. The second-order valence-electron chi connectivity index (χ2n) is 4.01. The van der Waals surface area contributed by atoms with Crippen molar-refractivity contribution >= 4 is 23.2 Å². The fourth-order valence-corrected chi connectivity index (χ4v) is 1.99. The molecule has 1 unspecified atom stereocenters. The van der Waals surface area contributed by atoms with Crippen LogP contribution in [0.25, 0.3) is 0 Å². The molecule has 0 bridgehead atoms. The minimum atomic E-state index is -0.395. The summed E-state index contributed by atoms with van der Waals surface area (Å²) in [6.45, 7) is 0.626. The highest BCUT2D eigenvalue weighted by molar-refractivity contribution is 6.33. The Morgan fingerprint density at radius 1 is 1.47 bits per heavy atom. The minimum absolute atomic E-state index is 0.0712. The number of phenols is 1. The lowest BCUT2D eigenvalue weighted by atomic mass is 10.1. The van der Waals surface area contributed by atoms with E-state index in [2.05, 4.69) is 5.32 Å². The predicted octanol–water partition coefficient (Wildman–Crippen LogP) is 2.55. The Hall–Kier alpha value is -1.26. The Morgan fingerprint density at radius 2 is 2.29 bits per heavy atom. The van der Waals surface area contributed by atoms with E-state index < -0.39 is 6.10 Å². The van der Waals surface area contributed by atoms with E-state index in [9.17, 15) is 9.90 Å². The van der Waals surface area contributed by atoms with Crippen molar-refractivity contribution in [2.45, 2.75) is 25.4 Å². The van der Waals surface area contributed by atoms with Gasteiger partial charge in [-0.05, 0) is 31.4 Å². The molecule has 17 heavy (non-hydrogen) atoms. The van der Waals surface area contributed by atoms with E-state index in [-0.39, 0.29) is 11.7 Å². The molecule has 4 nitrogen and oxygen atoms in total. The Kier molecular flexibility index (Phi) is 3.86. The molecule has 0 radical (unpaired) electrons. The summed E-state index contributed by atoms with van der Waals surface area (Å²) in [6.07, 6.45) is 2.35. The molecule has 1 saturated heterocycles. The lowest BCUT2D eigenvalue weighted by molar-refractivity contribution is -0.129. The van der Waals surface area contributed by atoms with Gasteiger partial charge in [0.15, 0.2) is 0 Å². The van der Waals surface area contributed by atoms with E-state index >= 15 is 0 Å². The van der Waals surface area contributed by atoms with Gasteiger partial charge >= 0.3 is 0 Å². The number of benzene rings is 1. The minimum Gasteiger partial charge on any atom is -0.508 e. The van der Waals surface area contributed by atoms with E-state index in [4.69, 9.17) is 16.3 Å². The van der Waals surface area contributed by atoms with E-state index in [1.54, 1.807) is 6.07 Å². The number of aromatic hydroxyl groups is 1. The summed E-state index contributed by atoms with van der Waals surface area (Å²) in [5, 5.41) is 12.2. The van der Waals surface area contributed by atoms with Crippen LogP contribution in [0.3, 0.4) is 0 Å². The van der Waals surface area contributed by atoms with Crippen molar-refractivity contribution in [2.24, 2.45) is 0 Å². The molecule has 0 aromatic heterocycles. The highest BCUT2D eigenvalue weighted by Crippen LogP contribution is 2.26. The quantitative estimate of drug-likeness (QED) is 0.799. The van der Waals surface area contributed by atoms with Crippen LogP contribution >= 0.6 is 11.6 Å². The first-order valence-corrected chi connectivity index (χ1v) is 5.95. The maximum absolute atomic E-state index is 11.8. The summed E-state index contributed by atoms with van der Waals surface area (Å²) in [5.74, 6) is -0.112. The van der Waals surface area contributed by atoms with E-state index in [1.165, 1.54) is 12.1 Å². The standard InChI is InChI=1S/C12H14ClNO3/c13-9-7-8(15)4-5-10(9)14-12(16)11-3-1-2-6-17-11/h4-5,7,11,15H,1-3,6H2,(H,14,16). The highest BCUT2D eigenvalue weighted by atomic mass is 35.5. The van der Waals surface area contributed by atoms with Crippen LogP contribution in [-0.2, 0) is 9.53 Å². The van der Waals surface area contributed by atoms with Gasteiger partial charge in [-0.1, -0.05) is 11.6 Å². The number of hydrogen-bond donors (Lipinski definition) is 2. The fraction of sp³-hybridized carbons (Fsp3) is 0.417. The maximum atomic E-state index is 11.8. The van der Waals surface area contributed by atoms with Gasteiger partial charge in [-0.25, -0.2) is 0 Å². The summed E-state index contributed by atoms with van der Waals surface area (Å²) in [5.41, 5.74) is 0.489. The van der Waals surface area contributed by atoms with Gasteiger partial charge in [0, 0.05) is 12.7 Å². The molecule has 92 valence electrons. The van der Waals surface area contributed by atoms with Gasteiger partial charge in [0.2, 0.25) is 0 Å². The lowest BCUT2D eigenvalue weighted by Crippen LogP contribution is -2.33. The summed E-state index contributed by atoms with van der Waals surface area (Å²) in [6, 6.07) is 4.43. The van der Waals surface area contributed by atoms with Crippen LogP contribution in [0.2, 0.25) is 5.02 Å². The van der Waals surface area contributed by atoms with Crippen molar-refractivity contribution in [3.8, 4) is 5.75 Å². The average Bonchev–Trinajstić information content (AvgIpc) is 2.34. The molecule has 1 fully saturated rings. The second kappa shape index (κ2) is 5.38. The highest BCUT2D eigenvalue weighted by Gasteiger charge is 2.22. The summed E-state index contributed by atoms with van der Waals surface area (Å²) >= 11 is 5.90. The molecular weight excluding hydrogens is 242 g/mol. The summed E-state index contributed by atoms with van der Waals surface area (Å²) in [4.78, 5) is 11.8. The van der Waals surface area contributed by atoms with E-state index in [0.717, 1.165) is 19.3 Å². The molecule has 2 rings (SSSR count). The SMILES string of the molecule is O=C(Nc1ccc(O)cc1Cl)C1CCCCO1. The molecule has 0 saturated carbocycles. The summed E-state index contributed by atoms with van der Waals surface area (Å²) in [7, 11) is 0. The van der Waals surface area contributed by atoms with Crippen molar-refractivity contribution in [1.29, 1.82) is 0 Å². The van der Waals surface area contributed by atoms with Crippen molar-refractivity contribution in [3.05, 3.63) is 23.2 Å². The Bertz CT molecular complexity index is 416. The van der Waals surface area contributed by atoms with Gasteiger partial charge in [-0.3, -0.25) is 4.79 Å². The predicted molar refractivity (Wildman–Crippen MR) is 65.3 cm³/mol. The lowest BCUT2D eigenvalue weighted by Gasteiger charge is -2.21. The van der Waals surface area contributed by atoms with Crippen LogP contribution < -0.4 is 5.32 Å². The topological polar surface area (TPSA) is 58.6 Å². The molecule has 1 atom stereocenters. The molecule has 2 N–H and O–H groups in total. The molecular formula is C12H14ClNO3. The average molecular weight is 256 g/mol. The zero-order chi connectivity index (χ0) is 12.3. The van der Waals surface area contributed by atoms with Crippen LogP contribution in [0.5, 0.6) is 5.75 Å². The first kappa shape index (κ1) is 12.2. The van der Waals surface area contributed by atoms with Crippen molar-refractivity contribution in [3.63, 3.8) is 0 Å². The molecule has 0 aliphatic carbocycles. The molecule has 1 aliphatic rings. The number of nitrogens with one attached hydrogen (secondary N) is 1. The number of phenolic OH excluding ortho intramolecular Hbond substituents is 1. The number of anilines is 1. The zero-order valence-corrected chi connectivity index (χ0v) is 10.0. The van der Waals surface area contributed by atoms with Gasteiger partial charge in [0.1, 0.15) is 11.9 Å². The first-order chi connectivity index (χ1) is 8.16. The number of carbonyl (C=O) groups is 1. The number of halogens is 1. The van der Waals surface area contributed by atoms with Gasteiger partial charge in [0.25, 0.3) is 5.91 Å². The number of rotatable bonds is 2. The van der Waals surface area contributed by atoms with Crippen molar-refractivity contribution in [1.82, 2.24) is 0 Å². The third-order valence-electron chi connectivity index (χ3n) is 2.68. The van der Waals surface area contributed by atoms with Crippen LogP contribution in [-0.4, -0.2) is 23.7 Å². The van der Waals surface area contributed by atoms with Gasteiger partial charge in [0.05, 0.1) is 10.7 Å².